The van der Waals surface area contributed by atoms with Gasteiger partial charge in [0.2, 0.25) is 0 Å². The fourth-order valence-electron chi connectivity index (χ4n) is 3.89. The van der Waals surface area contributed by atoms with Crippen LogP contribution in [-0.4, -0.2) is 15.2 Å². The lowest BCUT2D eigenvalue weighted by molar-refractivity contribution is 0.439. The summed E-state index contributed by atoms with van der Waals surface area (Å²) in [6.45, 7) is 13.7. The number of benzene rings is 2. The average Bonchev–Trinajstić information content (AvgIpc) is 3.28. The van der Waals surface area contributed by atoms with E-state index in [0.717, 1.165) is 48.5 Å². The fraction of sp³-hybridized carbons (Fsp3) is 0.462. The van der Waals surface area contributed by atoms with Crippen LogP contribution < -0.4 is 0 Å². The summed E-state index contributed by atoms with van der Waals surface area (Å²) in [6, 6.07) is 17.5. The largest absolute Gasteiger partial charge is 0.259 e. The highest BCUT2D eigenvalue weighted by Crippen LogP contribution is 2.33. The van der Waals surface area contributed by atoms with Gasteiger partial charge in [0.25, 0.3) is 0 Å². The summed E-state index contributed by atoms with van der Waals surface area (Å²) < 4.78 is 0. The third kappa shape index (κ3) is 4.14. The van der Waals surface area contributed by atoms with Gasteiger partial charge in [-0.15, -0.1) is 0 Å². The molecule has 0 aliphatic rings. The lowest BCUT2D eigenvalue weighted by atomic mass is 9.78. The van der Waals surface area contributed by atoms with Gasteiger partial charge in [0.15, 0.2) is 11.6 Å². The molecule has 3 nitrogen and oxygen atoms in total. The second-order valence-corrected chi connectivity index (χ2v) is 8.70. The van der Waals surface area contributed by atoms with Crippen LogP contribution in [0.3, 0.4) is 0 Å². The van der Waals surface area contributed by atoms with Crippen molar-refractivity contribution in [3.63, 3.8) is 0 Å². The van der Waals surface area contributed by atoms with E-state index in [1.807, 2.05) is 0 Å². The predicted molar refractivity (Wildman–Crippen MR) is 123 cm³/mol. The minimum Gasteiger partial charge on any atom is -0.259 e. The van der Waals surface area contributed by atoms with Gasteiger partial charge in [-0.2, -0.15) is 5.10 Å². The van der Waals surface area contributed by atoms with Crippen molar-refractivity contribution in [2.24, 2.45) is 0 Å². The molecular weight excluding hydrogens is 354 g/mol. The van der Waals surface area contributed by atoms with Crippen LogP contribution in [0.15, 0.2) is 48.5 Å². The second kappa shape index (κ2) is 8.52. The lowest BCUT2D eigenvalue weighted by Gasteiger charge is -2.27. The molecule has 0 bridgehead atoms. The number of nitrogens with one attached hydrogen (secondary N) is 1. The number of H-pyrrole nitrogens is 1. The predicted octanol–water partition coefficient (Wildman–Crippen LogP) is 7.29. The molecule has 0 aliphatic heterocycles. The van der Waals surface area contributed by atoms with Crippen molar-refractivity contribution in [2.75, 3.05) is 0 Å². The Morgan fingerprint density at radius 1 is 0.655 bits per heavy atom. The molecule has 0 saturated carbocycles. The Labute approximate surface area is 176 Å². The van der Waals surface area contributed by atoms with Crippen LogP contribution in [-0.2, 0) is 10.8 Å². The number of aromatic nitrogens is 3. The summed E-state index contributed by atoms with van der Waals surface area (Å²) in [6.07, 6.45) is 4.55. The first-order chi connectivity index (χ1) is 13.9. The van der Waals surface area contributed by atoms with Crippen LogP contribution in [0.4, 0.5) is 0 Å². The van der Waals surface area contributed by atoms with Gasteiger partial charge >= 0.3 is 0 Å². The van der Waals surface area contributed by atoms with Gasteiger partial charge < -0.3 is 0 Å². The molecule has 3 rings (SSSR count). The molecule has 3 heteroatoms. The van der Waals surface area contributed by atoms with E-state index in [4.69, 9.17) is 4.98 Å². The summed E-state index contributed by atoms with van der Waals surface area (Å²) in [5, 5.41) is 7.58. The van der Waals surface area contributed by atoms with E-state index >= 15 is 0 Å². The Morgan fingerprint density at radius 3 is 1.48 bits per heavy atom. The van der Waals surface area contributed by atoms with E-state index < -0.39 is 0 Å². The first-order valence-corrected chi connectivity index (χ1v) is 11.0. The smallest absolute Gasteiger partial charge is 0.181 e. The number of hydrogen-bond acceptors (Lipinski definition) is 2. The summed E-state index contributed by atoms with van der Waals surface area (Å²) >= 11 is 0. The molecule has 0 amide bonds. The Morgan fingerprint density at radius 2 is 1.07 bits per heavy atom. The number of hydrogen-bond donors (Lipinski definition) is 1. The van der Waals surface area contributed by atoms with Crippen LogP contribution >= 0.6 is 0 Å². The normalized spacial score (nSPS) is 12.3. The zero-order valence-corrected chi connectivity index (χ0v) is 18.8. The van der Waals surface area contributed by atoms with E-state index in [0.29, 0.717) is 0 Å². The van der Waals surface area contributed by atoms with E-state index in [1.165, 1.54) is 11.1 Å². The van der Waals surface area contributed by atoms with Crippen LogP contribution in [0, 0.1) is 0 Å². The Hall–Kier alpha value is -2.42. The maximum atomic E-state index is 4.75. The zero-order valence-electron chi connectivity index (χ0n) is 18.8. The first-order valence-electron chi connectivity index (χ1n) is 11.0. The van der Waals surface area contributed by atoms with Gasteiger partial charge in [0.05, 0.1) is 0 Å². The molecule has 0 fully saturated rings. The number of aromatic amines is 1. The van der Waals surface area contributed by atoms with E-state index in [9.17, 15) is 0 Å². The number of rotatable bonds is 8. The molecule has 0 atom stereocenters. The molecule has 0 spiro atoms. The second-order valence-electron chi connectivity index (χ2n) is 8.70. The average molecular weight is 390 g/mol. The van der Waals surface area contributed by atoms with Gasteiger partial charge in [-0.05, 0) is 47.6 Å². The van der Waals surface area contributed by atoms with Gasteiger partial charge in [0.1, 0.15) is 0 Å². The van der Waals surface area contributed by atoms with Gasteiger partial charge in [0, 0.05) is 11.1 Å². The summed E-state index contributed by atoms with van der Waals surface area (Å²) in [4.78, 5) is 4.75. The lowest BCUT2D eigenvalue weighted by Crippen LogP contribution is -2.19. The van der Waals surface area contributed by atoms with Crippen LogP contribution in [0.5, 0.6) is 0 Å². The van der Waals surface area contributed by atoms with E-state index in [1.54, 1.807) is 0 Å². The Kier molecular flexibility index (Phi) is 6.26. The van der Waals surface area contributed by atoms with E-state index in [2.05, 4.69) is 100 Å². The molecule has 0 radical (unpaired) electrons. The molecule has 0 unspecified atom stereocenters. The molecule has 1 aromatic heterocycles. The highest BCUT2D eigenvalue weighted by Gasteiger charge is 2.23. The van der Waals surface area contributed by atoms with Crippen molar-refractivity contribution in [2.45, 2.75) is 78.1 Å². The maximum absolute atomic E-state index is 4.75. The van der Waals surface area contributed by atoms with Crippen molar-refractivity contribution >= 4 is 0 Å². The maximum Gasteiger partial charge on any atom is 0.181 e. The van der Waals surface area contributed by atoms with Crippen molar-refractivity contribution in [1.82, 2.24) is 15.2 Å². The SMILES string of the molecule is CCC(C)(CC)c1ccc(-c2n[nH]c(-c3ccc(C(C)(CC)CC)cc3)n2)cc1. The summed E-state index contributed by atoms with van der Waals surface area (Å²) in [7, 11) is 0. The fourth-order valence-corrected chi connectivity index (χ4v) is 3.89. The van der Waals surface area contributed by atoms with Crippen molar-refractivity contribution in [3.05, 3.63) is 59.7 Å². The standard InChI is InChI=1S/C26H35N3/c1-7-25(5,8-2)21-15-11-19(12-16-21)23-27-24(29-28-23)20-13-17-22(18-14-20)26(6,9-3)10-4/h11-18H,7-10H2,1-6H3,(H,27,28,29). The Bertz CT molecular complexity index is 835. The molecular formula is C26H35N3. The van der Waals surface area contributed by atoms with Crippen molar-refractivity contribution < 1.29 is 0 Å². The van der Waals surface area contributed by atoms with Gasteiger partial charge in [-0.3, -0.25) is 5.10 Å². The minimum atomic E-state index is 0.232. The third-order valence-corrected chi connectivity index (χ3v) is 7.30. The topological polar surface area (TPSA) is 41.6 Å². The molecule has 1 N–H and O–H groups in total. The van der Waals surface area contributed by atoms with Crippen LogP contribution in [0.2, 0.25) is 0 Å². The zero-order chi connectivity index (χ0) is 21.1. The molecule has 29 heavy (non-hydrogen) atoms. The monoisotopic (exact) mass is 389 g/mol. The van der Waals surface area contributed by atoms with E-state index in [-0.39, 0.29) is 10.8 Å². The Balaban J connectivity index is 1.82. The molecule has 0 aliphatic carbocycles. The highest BCUT2D eigenvalue weighted by molar-refractivity contribution is 5.62. The summed E-state index contributed by atoms with van der Waals surface area (Å²) in [5.74, 6) is 1.56. The minimum absolute atomic E-state index is 0.232. The van der Waals surface area contributed by atoms with Crippen LogP contribution in [0.1, 0.15) is 78.4 Å². The quantitative estimate of drug-likeness (QED) is 0.439. The summed E-state index contributed by atoms with van der Waals surface area (Å²) in [5.41, 5.74) is 5.35. The molecule has 0 saturated heterocycles. The molecule has 154 valence electrons. The van der Waals surface area contributed by atoms with Crippen molar-refractivity contribution in [3.8, 4) is 22.8 Å². The van der Waals surface area contributed by atoms with Gasteiger partial charge in [-0.25, -0.2) is 4.98 Å². The third-order valence-electron chi connectivity index (χ3n) is 7.30. The van der Waals surface area contributed by atoms with Crippen molar-refractivity contribution in [1.29, 1.82) is 0 Å². The molecule has 3 aromatic rings. The van der Waals surface area contributed by atoms with Crippen LogP contribution in [0.25, 0.3) is 22.8 Å². The van der Waals surface area contributed by atoms with Gasteiger partial charge in [-0.1, -0.05) is 90.1 Å². The highest BCUT2D eigenvalue weighted by atomic mass is 15.2. The molecule has 2 aromatic carbocycles. The number of nitrogens with zero attached hydrogens (tertiary/aromatic N) is 2. The molecule has 1 heterocycles. The first kappa shape index (κ1) is 21.3.